The third-order valence-electron chi connectivity index (χ3n) is 4.54. The first-order chi connectivity index (χ1) is 13.0. The smallest absolute Gasteiger partial charge is 0.165 e. The molecule has 140 valence electrons. The molecule has 2 N–H and O–H groups in total. The predicted molar refractivity (Wildman–Crippen MR) is 107 cm³/mol. The van der Waals surface area contributed by atoms with Gasteiger partial charge in [0, 0.05) is 24.5 Å². The first-order valence-electron chi connectivity index (χ1n) is 8.32. The van der Waals surface area contributed by atoms with Gasteiger partial charge in [-0.1, -0.05) is 23.2 Å². The number of rotatable bonds is 4. The molecule has 7 nitrogen and oxygen atoms in total. The van der Waals surface area contributed by atoms with E-state index in [4.69, 9.17) is 43.4 Å². The van der Waals surface area contributed by atoms with Crippen molar-refractivity contribution in [3.8, 4) is 22.9 Å². The van der Waals surface area contributed by atoms with Gasteiger partial charge in [0.1, 0.15) is 23.1 Å². The molecule has 1 aliphatic heterocycles. The summed E-state index contributed by atoms with van der Waals surface area (Å²) in [6.45, 7) is 1.83. The van der Waals surface area contributed by atoms with Gasteiger partial charge in [0.2, 0.25) is 0 Å². The van der Waals surface area contributed by atoms with Crippen LogP contribution in [0.2, 0.25) is 10.0 Å². The molecular weight excluding hydrogens is 389 g/mol. The van der Waals surface area contributed by atoms with Crippen LogP contribution in [-0.4, -0.2) is 42.3 Å². The van der Waals surface area contributed by atoms with Crippen molar-refractivity contribution in [3.05, 3.63) is 28.4 Å². The SMILES string of the molecule is COc1cc(OC)c(Cl)c(-c2nc(N3CCC3)c3cc(N)ncc3n2)c1Cl. The number of nitrogen functional groups attached to an aromatic ring is 1. The number of aromatic nitrogens is 3. The van der Waals surface area contributed by atoms with E-state index in [9.17, 15) is 0 Å². The quantitative estimate of drug-likeness (QED) is 0.705. The van der Waals surface area contributed by atoms with E-state index < -0.39 is 0 Å². The van der Waals surface area contributed by atoms with Crippen LogP contribution in [-0.2, 0) is 0 Å². The third kappa shape index (κ3) is 2.96. The lowest BCUT2D eigenvalue weighted by atomic mass is 10.1. The van der Waals surface area contributed by atoms with E-state index in [2.05, 4.69) is 14.9 Å². The summed E-state index contributed by atoms with van der Waals surface area (Å²) in [6, 6.07) is 3.41. The molecule has 0 unspecified atom stereocenters. The third-order valence-corrected chi connectivity index (χ3v) is 5.29. The van der Waals surface area contributed by atoms with E-state index >= 15 is 0 Å². The van der Waals surface area contributed by atoms with Gasteiger partial charge in [-0.3, -0.25) is 0 Å². The van der Waals surface area contributed by atoms with Crippen LogP contribution in [0, 0.1) is 0 Å². The summed E-state index contributed by atoms with van der Waals surface area (Å²) in [7, 11) is 3.05. The molecule has 9 heteroatoms. The van der Waals surface area contributed by atoms with Crippen LogP contribution >= 0.6 is 23.2 Å². The molecule has 4 rings (SSSR count). The molecule has 0 saturated carbocycles. The number of halogens is 2. The summed E-state index contributed by atoms with van der Waals surface area (Å²) in [5.41, 5.74) is 6.98. The van der Waals surface area contributed by atoms with Gasteiger partial charge < -0.3 is 20.1 Å². The maximum absolute atomic E-state index is 6.54. The van der Waals surface area contributed by atoms with E-state index in [1.54, 1.807) is 18.3 Å². The number of hydrogen-bond donors (Lipinski definition) is 1. The zero-order valence-corrected chi connectivity index (χ0v) is 16.3. The number of ether oxygens (including phenoxy) is 2. The summed E-state index contributed by atoms with van der Waals surface area (Å²) in [6.07, 6.45) is 2.73. The Morgan fingerprint density at radius 1 is 1.04 bits per heavy atom. The monoisotopic (exact) mass is 405 g/mol. The summed E-state index contributed by atoms with van der Waals surface area (Å²) < 4.78 is 10.7. The summed E-state index contributed by atoms with van der Waals surface area (Å²) in [5.74, 6) is 2.43. The zero-order chi connectivity index (χ0) is 19.1. The minimum absolute atomic E-state index is 0.320. The van der Waals surface area contributed by atoms with Crippen LogP contribution in [0.3, 0.4) is 0 Å². The van der Waals surface area contributed by atoms with Gasteiger partial charge in [-0.25, -0.2) is 15.0 Å². The molecule has 3 aromatic rings. The van der Waals surface area contributed by atoms with E-state index in [1.165, 1.54) is 14.2 Å². The Labute approximate surface area is 166 Å². The molecule has 1 aliphatic rings. The van der Waals surface area contributed by atoms with Crippen molar-refractivity contribution >= 4 is 45.7 Å². The van der Waals surface area contributed by atoms with Gasteiger partial charge in [-0.2, -0.15) is 0 Å². The minimum Gasteiger partial charge on any atom is -0.495 e. The molecule has 0 bridgehead atoms. The van der Waals surface area contributed by atoms with Gasteiger partial charge in [0.15, 0.2) is 5.82 Å². The average Bonchev–Trinajstić information content (AvgIpc) is 2.61. The number of nitrogens with two attached hydrogens (primary N) is 1. The van der Waals surface area contributed by atoms with E-state index in [1.807, 2.05) is 0 Å². The van der Waals surface area contributed by atoms with Gasteiger partial charge in [-0.15, -0.1) is 0 Å². The van der Waals surface area contributed by atoms with Crippen molar-refractivity contribution < 1.29 is 9.47 Å². The number of fused-ring (bicyclic) bond motifs is 1. The molecule has 1 fully saturated rings. The predicted octanol–water partition coefficient (Wildman–Crippen LogP) is 3.81. The van der Waals surface area contributed by atoms with Crippen LogP contribution in [0.15, 0.2) is 18.3 Å². The standard InChI is InChI=1S/C18H17Cl2N5O2/c1-26-11-7-12(27-2)16(20)14(15(11)19)17-23-10-8-22-13(21)6-9(10)18(24-17)25-4-3-5-25/h6-8H,3-5H2,1-2H3,(H2,21,22). The molecule has 1 aromatic carbocycles. The Hall–Kier alpha value is -2.51. The Kier molecular flexibility index (Phi) is 4.57. The van der Waals surface area contributed by atoms with E-state index in [0.29, 0.717) is 44.3 Å². The molecular formula is C18H17Cl2N5O2. The highest BCUT2D eigenvalue weighted by atomic mass is 35.5. The van der Waals surface area contributed by atoms with Crippen molar-refractivity contribution in [2.75, 3.05) is 37.9 Å². The normalized spacial score (nSPS) is 13.6. The largest absolute Gasteiger partial charge is 0.495 e. The van der Waals surface area contributed by atoms with Crippen molar-refractivity contribution in [2.45, 2.75) is 6.42 Å². The fourth-order valence-corrected chi connectivity index (χ4v) is 3.66. The second-order valence-electron chi connectivity index (χ2n) is 6.12. The number of methoxy groups -OCH3 is 2. The molecule has 0 amide bonds. The molecule has 0 atom stereocenters. The Morgan fingerprint density at radius 2 is 1.70 bits per heavy atom. The van der Waals surface area contributed by atoms with Crippen LogP contribution in [0.5, 0.6) is 11.5 Å². The number of pyridine rings is 1. The highest BCUT2D eigenvalue weighted by Crippen LogP contribution is 2.45. The molecule has 0 radical (unpaired) electrons. The number of anilines is 2. The van der Waals surface area contributed by atoms with Crippen LogP contribution in [0.25, 0.3) is 22.3 Å². The topological polar surface area (TPSA) is 86.4 Å². The maximum Gasteiger partial charge on any atom is 0.165 e. The number of benzene rings is 1. The van der Waals surface area contributed by atoms with Crippen molar-refractivity contribution in [1.29, 1.82) is 0 Å². The van der Waals surface area contributed by atoms with Crippen molar-refractivity contribution in [3.63, 3.8) is 0 Å². The highest BCUT2D eigenvalue weighted by Gasteiger charge is 2.25. The van der Waals surface area contributed by atoms with E-state index in [-0.39, 0.29) is 0 Å². The average molecular weight is 406 g/mol. The lowest BCUT2D eigenvalue weighted by Crippen LogP contribution is -2.38. The molecule has 3 heterocycles. The fraction of sp³-hybridized carbons (Fsp3) is 0.278. The highest BCUT2D eigenvalue weighted by molar-refractivity contribution is 6.41. The lowest BCUT2D eigenvalue weighted by molar-refractivity contribution is 0.395. The van der Waals surface area contributed by atoms with Crippen molar-refractivity contribution in [2.24, 2.45) is 0 Å². The van der Waals surface area contributed by atoms with E-state index in [0.717, 1.165) is 30.7 Å². The molecule has 27 heavy (non-hydrogen) atoms. The Morgan fingerprint density at radius 3 is 2.26 bits per heavy atom. The molecule has 0 spiro atoms. The lowest BCUT2D eigenvalue weighted by Gasteiger charge is -2.33. The first kappa shape index (κ1) is 17.9. The Balaban J connectivity index is 2.01. The van der Waals surface area contributed by atoms with Crippen molar-refractivity contribution in [1.82, 2.24) is 15.0 Å². The fourth-order valence-electron chi connectivity index (χ4n) is 2.99. The van der Waals surface area contributed by atoms with Gasteiger partial charge in [-0.05, 0) is 12.5 Å². The first-order valence-corrected chi connectivity index (χ1v) is 9.07. The van der Waals surface area contributed by atoms with Crippen LogP contribution in [0.1, 0.15) is 6.42 Å². The summed E-state index contributed by atoms with van der Waals surface area (Å²) in [5, 5.41) is 1.48. The van der Waals surface area contributed by atoms with Gasteiger partial charge in [0.25, 0.3) is 0 Å². The van der Waals surface area contributed by atoms with Gasteiger partial charge in [0.05, 0.1) is 41.5 Å². The maximum atomic E-state index is 6.54. The molecule has 2 aromatic heterocycles. The van der Waals surface area contributed by atoms with Crippen LogP contribution in [0.4, 0.5) is 11.6 Å². The molecule has 0 aliphatic carbocycles. The molecule has 1 saturated heterocycles. The summed E-state index contributed by atoms with van der Waals surface area (Å²) in [4.78, 5) is 15.7. The van der Waals surface area contributed by atoms with Gasteiger partial charge >= 0.3 is 0 Å². The summed E-state index contributed by atoms with van der Waals surface area (Å²) >= 11 is 13.1. The second-order valence-corrected chi connectivity index (χ2v) is 6.88. The number of hydrogen-bond acceptors (Lipinski definition) is 7. The number of nitrogens with zero attached hydrogens (tertiary/aromatic N) is 4. The minimum atomic E-state index is 0.320. The Bertz CT molecular complexity index is 1010. The zero-order valence-electron chi connectivity index (χ0n) is 14.8. The van der Waals surface area contributed by atoms with Crippen LogP contribution < -0.4 is 20.1 Å². The second kappa shape index (κ2) is 6.90.